The van der Waals surface area contributed by atoms with Gasteiger partial charge in [0.15, 0.2) is 0 Å². The number of carbonyl (C=O) groups excluding carboxylic acids is 1. The van der Waals surface area contributed by atoms with Gasteiger partial charge in [-0.15, -0.1) is 0 Å². The van der Waals surface area contributed by atoms with E-state index in [4.69, 9.17) is 4.74 Å². The van der Waals surface area contributed by atoms with Crippen molar-refractivity contribution in [1.29, 1.82) is 0 Å². The van der Waals surface area contributed by atoms with Gasteiger partial charge in [-0.1, -0.05) is 24.3 Å². The van der Waals surface area contributed by atoms with Gasteiger partial charge in [-0.3, -0.25) is 0 Å². The second-order valence-electron chi connectivity index (χ2n) is 4.90. The SMILES string of the molecule is Cc1cccc(OCCNC(=O)NCc2ccc(F)cc2)c1. The van der Waals surface area contributed by atoms with E-state index in [0.29, 0.717) is 19.7 Å². The molecule has 0 heterocycles. The van der Waals surface area contributed by atoms with Crippen LogP contribution < -0.4 is 15.4 Å². The third kappa shape index (κ3) is 5.44. The van der Waals surface area contributed by atoms with Crippen molar-refractivity contribution >= 4 is 6.03 Å². The van der Waals surface area contributed by atoms with Gasteiger partial charge >= 0.3 is 6.03 Å². The fourth-order valence-corrected chi connectivity index (χ4v) is 1.89. The first kappa shape index (κ1) is 15.8. The van der Waals surface area contributed by atoms with Crippen LogP contribution in [0.2, 0.25) is 0 Å². The number of carbonyl (C=O) groups is 1. The average Bonchev–Trinajstić information content (AvgIpc) is 2.51. The molecule has 0 spiro atoms. The minimum Gasteiger partial charge on any atom is -0.492 e. The Kier molecular flexibility index (Phi) is 5.77. The zero-order valence-corrected chi connectivity index (χ0v) is 12.4. The van der Waals surface area contributed by atoms with Crippen molar-refractivity contribution in [2.75, 3.05) is 13.2 Å². The monoisotopic (exact) mass is 302 g/mol. The molecule has 4 nitrogen and oxygen atoms in total. The quantitative estimate of drug-likeness (QED) is 0.806. The molecule has 2 rings (SSSR count). The molecule has 0 atom stereocenters. The van der Waals surface area contributed by atoms with Crippen LogP contribution in [-0.4, -0.2) is 19.2 Å². The molecule has 0 bridgehead atoms. The van der Waals surface area contributed by atoms with E-state index in [1.807, 2.05) is 31.2 Å². The Labute approximate surface area is 129 Å². The summed E-state index contributed by atoms with van der Waals surface area (Å²) in [6.45, 7) is 3.15. The van der Waals surface area contributed by atoms with E-state index in [2.05, 4.69) is 10.6 Å². The van der Waals surface area contributed by atoms with Crippen LogP contribution in [0.25, 0.3) is 0 Å². The summed E-state index contributed by atoms with van der Waals surface area (Å²) in [5.74, 6) is 0.495. The maximum absolute atomic E-state index is 12.7. The summed E-state index contributed by atoms with van der Waals surface area (Å²) in [7, 11) is 0. The lowest BCUT2D eigenvalue weighted by atomic mass is 10.2. The van der Waals surface area contributed by atoms with E-state index in [-0.39, 0.29) is 11.8 Å². The zero-order valence-electron chi connectivity index (χ0n) is 12.4. The Morgan fingerprint density at radius 2 is 1.91 bits per heavy atom. The van der Waals surface area contributed by atoms with Crippen molar-refractivity contribution in [3.8, 4) is 5.75 Å². The maximum Gasteiger partial charge on any atom is 0.315 e. The summed E-state index contributed by atoms with van der Waals surface area (Å²) in [5, 5.41) is 5.40. The Balaban J connectivity index is 1.62. The number of halogens is 1. The average molecular weight is 302 g/mol. The molecule has 2 N–H and O–H groups in total. The molecule has 5 heteroatoms. The number of hydrogen-bond acceptors (Lipinski definition) is 2. The van der Waals surface area contributed by atoms with Crippen LogP contribution in [0.3, 0.4) is 0 Å². The molecule has 0 aliphatic rings. The van der Waals surface area contributed by atoms with E-state index >= 15 is 0 Å². The van der Waals surface area contributed by atoms with E-state index < -0.39 is 0 Å². The zero-order chi connectivity index (χ0) is 15.8. The first-order valence-corrected chi connectivity index (χ1v) is 7.09. The maximum atomic E-state index is 12.7. The van der Waals surface area contributed by atoms with Crippen LogP contribution in [0.15, 0.2) is 48.5 Å². The summed E-state index contributed by atoms with van der Waals surface area (Å²) in [4.78, 5) is 11.6. The Hall–Kier alpha value is -2.56. The lowest BCUT2D eigenvalue weighted by Gasteiger charge is -2.09. The van der Waals surface area contributed by atoms with Gasteiger partial charge < -0.3 is 15.4 Å². The van der Waals surface area contributed by atoms with Crippen molar-refractivity contribution in [3.05, 3.63) is 65.5 Å². The number of hydrogen-bond donors (Lipinski definition) is 2. The summed E-state index contributed by atoms with van der Waals surface area (Å²) in [6, 6.07) is 13.5. The van der Waals surface area contributed by atoms with Gasteiger partial charge in [-0.05, 0) is 42.3 Å². The van der Waals surface area contributed by atoms with Gasteiger partial charge in [0.1, 0.15) is 18.2 Å². The summed E-state index contributed by atoms with van der Waals surface area (Å²) < 4.78 is 18.3. The molecule has 0 aromatic heterocycles. The normalized spacial score (nSPS) is 10.1. The largest absolute Gasteiger partial charge is 0.492 e. The van der Waals surface area contributed by atoms with E-state index in [1.54, 1.807) is 12.1 Å². The van der Waals surface area contributed by atoms with Crippen LogP contribution in [0, 0.1) is 12.7 Å². The Morgan fingerprint density at radius 1 is 1.14 bits per heavy atom. The molecule has 2 aromatic carbocycles. The van der Waals surface area contributed by atoms with E-state index in [0.717, 1.165) is 16.9 Å². The predicted octanol–water partition coefficient (Wildman–Crippen LogP) is 3.01. The first-order chi connectivity index (χ1) is 10.6. The molecule has 2 amide bonds. The molecule has 116 valence electrons. The highest BCUT2D eigenvalue weighted by molar-refractivity contribution is 5.73. The highest BCUT2D eigenvalue weighted by Crippen LogP contribution is 2.11. The minimum absolute atomic E-state index is 0.280. The van der Waals surface area contributed by atoms with Crippen molar-refractivity contribution in [2.45, 2.75) is 13.5 Å². The first-order valence-electron chi connectivity index (χ1n) is 7.09. The van der Waals surface area contributed by atoms with Gasteiger partial charge in [0.2, 0.25) is 0 Å². The van der Waals surface area contributed by atoms with Crippen LogP contribution in [0.5, 0.6) is 5.75 Å². The second kappa shape index (κ2) is 8.02. The highest BCUT2D eigenvalue weighted by Gasteiger charge is 2.01. The van der Waals surface area contributed by atoms with E-state index in [1.165, 1.54) is 12.1 Å². The Morgan fingerprint density at radius 3 is 2.64 bits per heavy atom. The number of aryl methyl sites for hydroxylation is 1. The second-order valence-corrected chi connectivity index (χ2v) is 4.90. The number of nitrogens with one attached hydrogen (secondary N) is 2. The van der Waals surface area contributed by atoms with Gasteiger partial charge in [0, 0.05) is 6.54 Å². The number of urea groups is 1. The topological polar surface area (TPSA) is 50.4 Å². The molecule has 0 saturated carbocycles. The molecular weight excluding hydrogens is 283 g/mol. The number of ether oxygens (including phenoxy) is 1. The van der Waals surface area contributed by atoms with Crippen LogP contribution in [0.4, 0.5) is 9.18 Å². The highest BCUT2D eigenvalue weighted by atomic mass is 19.1. The fraction of sp³-hybridized carbons (Fsp3) is 0.235. The Bertz CT molecular complexity index is 614. The third-order valence-corrected chi connectivity index (χ3v) is 3.01. The van der Waals surface area contributed by atoms with Crippen LogP contribution >= 0.6 is 0 Å². The van der Waals surface area contributed by atoms with Crippen LogP contribution in [-0.2, 0) is 6.54 Å². The molecule has 0 aliphatic heterocycles. The standard InChI is InChI=1S/C17H19FN2O2/c1-13-3-2-4-16(11-13)22-10-9-19-17(21)20-12-14-5-7-15(18)8-6-14/h2-8,11H,9-10,12H2,1H3,(H2,19,20,21). The number of amides is 2. The molecule has 0 saturated heterocycles. The third-order valence-electron chi connectivity index (χ3n) is 3.01. The molecule has 0 radical (unpaired) electrons. The van der Waals surface area contributed by atoms with E-state index in [9.17, 15) is 9.18 Å². The smallest absolute Gasteiger partial charge is 0.315 e. The molecule has 22 heavy (non-hydrogen) atoms. The lowest BCUT2D eigenvalue weighted by Crippen LogP contribution is -2.37. The molecule has 0 fully saturated rings. The molecule has 0 aliphatic carbocycles. The molecule has 2 aromatic rings. The van der Waals surface area contributed by atoms with Crippen molar-refractivity contribution in [3.63, 3.8) is 0 Å². The fourth-order valence-electron chi connectivity index (χ4n) is 1.89. The lowest BCUT2D eigenvalue weighted by molar-refractivity contribution is 0.236. The minimum atomic E-state index is -0.290. The molecular formula is C17H19FN2O2. The van der Waals surface area contributed by atoms with Gasteiger partial charge in [-0.2, -0.15) is 0 Å². The summed E-state index contributed by atoms with van der Waals surface area (Å²) in [6.07, 6.45) is 0. The summed E-state index contributed by atoms with van der Waals surface area (Å²) >= 11 is 0. The number of benzene rings is 2. The van der Waals surface area contributed by atoms with Crippen molar-refractivity contribution < 1.29 is 13.9 Å². The summed E-state index contributed by atoms with van der Waals surface area (Å²) in [5.41, 5.74) is 1.97. The van der Waals surface area contributed by atoms with Gasteiger partial charge in [0.25, 0.3) is 0 Å². The van der Waals surface area contributed by atoms with Gasteiger partial charge in [-0.25, -0.2) is 9.18 Å². The van der Waals surface area contributed by atoms with Gasteiger partial charge in [0.05, 0.1) is 6.54 Å². The van der Waals surface area contributed by atoms with Crippen LogP contribution in [0.1, 0.15) is 11.1 Å². The van der Waals surface area contributed by atoms with Crippen molar-refractivity contribution in [1.82, 2.24) is 10.6 Å². The van der Waals surface area contributed by atoms with Crippen molar-refractivity contribution in [2.24, 2.45) is 0 Å². The predicted molar refractivity (Wildman–Crippen MR) is 83.3 cm³/mol. The number of rotatable bonds is 6. The molecule has 0 unspecified atom stereocenters.